The van der Waals surface area contributed by atoms with E-state index >= 15 is 0 Å². The number of carboxylic acids is 1. The van der Waals surface area contributed by atoms with Gasteiger partial charge in [0, 0.05) is 12.3 Å². The summed E-state index contributed by atoms with van der Waals surface area (Å²) in [6.45, 7) is 0. The van der Waals surface area contributed by atoms with Gasteiger partial charge in [-0.1, -0.05) is 11.6 Å². The average Bonchev–Trinajstić information content (AvgIpc) is 2.44. The van der Waals surface area contributed by atoms with E-state index in [1.807, 2.05) is 0 Å². The van der Waals surface area contributed by atoms with Crippen LogP contribution in [-0.2, 0) is 0 Å². The van der Waals surface area contributed by atoms with Crippen LogP contribution in [0.4, 0.5) is 4.39 Å². The Hall–Kier alpha value is -1.62. The molecule has 0 aliphatic heterocycles. The smallest absolute Gasteiger partial charge is 0.372 e. The summed E-state index contributed by atoms with van der Waals surface area (Å²) < 4.78 is 14.0. The molecule has 0 spiro atoms. The fourth-order valence-electron chi connectivity index (χ4n) is 1.17. The molecule has 0 aromatic carbocycles. The number of imidazole rings is 1. The van der Waals surface area contributed by atoms with Gasteiger partial charge in [0.2, 0.25) is 5.82 Å². The van der Waals surface area contributed by atoms with Crippen LogP contribution in [0.15, 0.2) is 18.3 Å². The van der Waals surface area contributed by atoms with Gasteiger partial charge >= 0.3 is 5.97 Å². The minimum atomic E-state index is -1.21. The van der Waals surface area contributed by atoms with E-state index in [0.29, 0.717) is 0 Å². The molecular weight excluding hydrogens is 211 g/mol. The number of carbonyl (C=O) groups is 1. The summed E-state index contributed by atoms with van der Waals surface area (Å²) in [6.07, 6.45) is 1.27. The van der Waals surface area contributed by atoms with E-state index in [1.54, 1.807) is 0 Å². The molecule has 0 amide bonds. The van der Waals surface area contributed by atoms with Crippen LogP contribution in [0, 0.1) is 5.82 Å². The van der Waals surface area contributed by atoms with Gasteiger partial charge in [-0.15, -0.1) is 0 Å². The van der Waals surface area contributed by atoms with Gasteiger partial charge in [-0.2, -0.15) is 0 Å². The molecule has 0 saturated heterocycles. The van der Waals surface area contributed by atoms with Crippen LogP contribution in [0.2, 0.25) is 5.15 Å². The maximum Gasteiger partial charge on any atom is 0.372 e. The number of fused-ring (bicyclic) bond motifs is 1. The highest BCUT2D eigenvalue weighted by Gasteiger charge is 2.15. The van der Waals surface area contributed by atoms with Gasteiger partial charge < -0.3 is 5.11 Å². The molecule has 0 saturated carbocycles. The molecule has 72 valence electrons. The standard InChI is InChI=1S/C8H4ClFN2O2/c9-6-5-3-4(10)1-2-12(5)7(11-6)8(13)14/h1-3H,(H,13,14). The highest BCUT2D eigenvalue weighted by atomic mass is 35.5. The summed E-state index contributed by atoms with van der Waals surface area (Å²) in [6, 6.07) is 2.26. The molecular formula is C8H4ClFN2O2. The van der Waals surface area contributed by atoms with Crippen LogP contribution in [0.3, 0.4) is 0 Å². The van der Waals surface area contributed by atoms with E-state index in [4.69, 9.17) is 16.7 Å². The lowest BCUT2D eigenvalue weighted by Gasteiger charge is -1.95. The Morgan fingerprint density at radius 1 is 1.64 bits per heavy atom. The largest absolute Gasteiger partial charge is 0.475 e. The predicted molar refractivity (Wildman–Crippen MR) is 47.1 cm³/mol. The number of hydrogen-bond acceptors (Lipinski definition) is 2. The Morgan fingerprint density at radius 2 is 2.36 bits per heavy atom. The van der Waals surface area contributed by atoms with Crippen molar-refractivity contribution < 1.29 is 14.3 Å². The molecule has 0 atom stereocenters. The predicted octanol–water partition coefficient (Wildman–Crippen LogP) is 1.82. The molecule has 0 aliphatic carbocycles. The number of hydrogen-bond donors (Lipinski definition) is 1. The number of pyridine rings is 1. The number of carboxylic acid groups (broad SMARTS) is 1. The maximum absolute atomic E-state index is 12.8. The summed E-state index contributed by atoms with van der Waals surface area (Å²) in [7, 11) is 0. The van der Waals surface area contributed by atoms with Gasteiger partial charge in [0.15, 0.2) is 5.15 Å². The molecule has 6 heteroatoms. The maximum atomic E-state index is 12.8. The summed E-state index contributed by atoms with van der Waals surface area (Å²) in [5.74, 6) is -1.93. The van der Waals surface area contributed by atoms with Crippen molar-refractivity contribution in [3.8, 4) is 0 Å². The van der Waals surface area contributed by atoms with Crippen molar-refractivity contribution in [1.82, 2.24) is 9.38 Å². The van der Waals surface area contributed by atoms with Crippen LogP contribution in [0.25, 0.3) is 5.52 Å². The fourth-order valence-corrected chi connectivity index (χ4v) is 1.40. The van der Waals surface area contributed by atoms with Gasteiger partial charge in [-0.3, -0.25) is 4.40 Å². The number of aromatic nitrogens is 2. The lowest BCUT2D eigenvalue weighted by atomic mass is 10.4. The van der Waals surface area contributed by atoms with E-state index in [-0.39, 0.29) is 16.5 Å². The molecule has 2 aromatic heterocycles. The number of rotatable bonds is 1. The van der Waals surface area contributed by atoms with Crippen molar-refractivity contribution in [3.05, 3.63) is 35.1 Å². The van der Waals surface area contributed by atoms with E-state index in [9.17, 15) is 9.18 Å². The van der Waals surface area contributed by atoms with Gasteiger partial charge in [0.25, 0.3) is 0 Å². The van der Waals surface area contributed by atoms with Gasteiger partial charge in [-0.05, 0) is 6.07 Å². The Morgan fingerprint density at radius 3 is 3.00 bits per heavy atom. The van der Waals surface area contributed by atoms with Gasteiger partial charge in [0.1, 0.15) is 5.82 Å². The number of aromatic carboxylic acids is 1. The first kappa shape index (κ1) is 8.96. The summed E-state index contributed by atoms with van der Waals surface area (Å²) >= 11 is 5.63. The monoisotopic (exact) mass is 214 g/mol. The summed E-state index contributed by atoms with van der Waals surface area (Å²) in [5.41, 5.74) is 0.240. The number of halogens is 2. The second-order valence-electron chi connectivity index (χ2n) is 2.63. The molecule has 14 heavy (non-hydrogen) atoms. The summed E-state index contributed by atoms with van der Waals surface area (Å²) in [5, 5.41) is 8.70. The fraction of sp³-hybridized carbons (Fsp3) is 0. The van der Waals surface area contributed by atoms with Crippen molar-refractivity contribution in [2.75, 3.05) is 0 Å². The molecule has 0 aliphatic rings. The topological polar surface area (TPSA) is 54.6 Å². The molecule has 1 N–H and O–H groups in total. The minimum absolute atomic E-state index is 0.0260. The highest BCUT2D eigenvalue weighted by molar-refractivity contribution is 6.32. The van der Waals surface area contributed by atoms with E-state index in [0.717, 1.165) is 12.1 Å². The molecule has 0 fully saturated rings. The molecule has 2 heterocycles. The van der Waals surface area contributed by atoms with E-state index < -0.39 is 11.8 Å². The van der Waals surface area contributed by atoms with Crippen molar-refractivity contribution in [2.24, 2.45) is 0 Å². The SMILES string of the molecule is O=C(O)c1nc(Cl)c2cc(F)ccn12. The van der Waals surface area contributed by atoms with Crippen molar-refractivity contribution >= 4 is 23.1 Å². The van der Waals surface area contributed by atoms with Crippen molar-refractivity contribution in [1.29, 1.82) is 0 Å². The molecule has 2 rings (SSSR count). The molecule has 0 bridgehead atoms. The van der Waals surface area contributed by atoms with Crippen LogP contribution >= 0.6 is 11.6 Å². The van der Waals surface area contributed by atoms with E-state index in [1.165, 1.54) is 10.6 Å². The van der Waals surface area contributed by atoms with Crippen molar-refractivity contribution in [2.45, 2.75) is 0 Å². The normalized spacial score (nSPS) is 10.7. The zero-order valence-electron chi connectivity index (χ0n) is 6.74. The third kappa shape index (κ3) is 1.22. The second-order valence-corrected chi connectivity index (χ2v) is 2.99. The lowest BCUT2D eigenvalue weighted by Crippen LogP contribution is -2.03. The summed E-state index contributed by atoms with van der Waals surface area (Å²) in [4.78, 5) is 14.3. The van der Waals surface area contributed by atoms with Crippen LogP contribution in [0.1, 0.15) is 10.6 Å². The lowest BCUT2D eigenvalue weighted by molar-refractivity contribution is 0.0683. The third-order valence-electron chi connectivity index (χ3n) is 1.75. The third-order valence-corrected chi connectivity index (χ3v) is 2.03. The van der Waals surface area contributed by atoms with Crippen LogP contribution in [-0.4, -0.2) is 20.5 Å². The number of nitrogens with zero attached hydrogens (tertiary/aromatic N) is 2. The first-order valence-corrected chi connectivity index (χ1v) is 4.04. The first-order valence-electron chi connectivity index (χ1n) is 3.66. The van der Waals surface area contributed by atoms with Gasteiger partial charge in [0.05, 0.1) is 5.52 Å². The quantitative estimate of drug-likeness (QED) is 0.788. The van der Waals surface area contributed by atoms with Gasteiger partial charge in [-0.25, -0.2) is 14.2 Å². The average molecular weight is 215 g/mol. The minimum Gasteiger partial charge on any atom is -0.475 e. The van der Waals surface area contributed by atoms with Crippen LogP contribution < -0.4 is 0 Å². The highest BCUT2D eigenvalue weighted by Crippen LogP contribution is 2.18. The Labute approximate surface area is 82.6 Å². The second kappa shape index (κ2) is 2.95. The molecule has 0 unspecified atom stereocenters. The Kier molecular flexibility index (Phi) is 1.89. The Bertz CT molecular complexity index is 523. The first-order chi connectivity index (χ1) is 6.59. The van der Waals surface area contributed by atoms with E-state index in [2.05, 4.69) is 4.98 Å². The molecule has 4 nitrogen and oxygen atoms in total. The molecule has 2 aromatic rings. The van der Waals surface area contributed by atoms with Crippen molar-refractivity contribution in [3.63, 3.8) is 0 Å². The molecule has 0 radical (unpaired) electrons. The Balaban J connectivity index is 2.84. The zero-order chi connectivity index (χ0) is 10.3. The van der Waals surface area contributed by atoms with Crippen LogP contribution in [0.5, 0.6) is 0 Å². The zero-order valence-corrected chi connectivity index (χ0v) is 7.49.